The van der Waals surface area contributed by atoms with Crippen molar-refractivity contribution in [1.29, 1.82) is 0 Å². The highest BCUT2D eigenvalue weighted by Crippen LogP contribution is 2.19. The molecule has 0 fully saturated rings. The Balaban J connectivity index is 1.82. The topological polar surface area (TPSA) is 67.4 Å². The molecule has 0 saturated carbocycles. The number of rotatable bonds is 6. The van der Waals surface area contributed by atoms with E-state index >= 15 is 0 Å². The predicted molar refractivity (Wildman–Crippen MR) is 94.5 cm³/mol. The monoisotopic (exact) mass is 346 g/mol. The number of halogens is 1. The van der Waals surface area contributed by atoms with Crippen molar-refractivity contribution in [3.63, 3.8) is 0 Å². The Morgan fingerprint density at radius 3 is 2.46 bits per heavy atom. The van der Waals surface area contributed by atoms with E-state index in [9.17, 15) is 9.59 Å². The molecule has 2 rings (SSSR count). The summed E-state index contributed by atoms with van der Waals surface area (Å²) in [5, 5.41) is 5.87. The van der Waals surface area contributed by atoms with Gasteiger partial charge in [0.2, 0.25) is 11.8 Å². The quantitative estimate of drug-likeness (QED) is 0.845. The van der Waals surface area contributed by atoms with E-state index in [4.69, 9.17) is 16.3 Å². The lowest BCUT2D eigenvalue weighted by Crippen LogP contribution is -2.33. The van der Waals surface area contributed by atoms with Crippen LogP contribution in [0.5, 0.6) is 5.75 Å². The molecular formula is C18H19ClN2O3. The number of hydrogen-bond donors (Lipinski definition) is 2. The smallest absolute Gasteiger partial charge is 0.243 e. The number of ether oxygens (including phenoxy) is 1. The van der Waals surface area contributed by atoms with Crippen LogP contribution in [0.2, 0.25) is 5.02 Å². The van der Waals surface area contributed by atoms with Crippen molar-refractivity contribution in [1.82, 2.24) is 5.32 Å². The van der Waals surface area contributed by atoms with Crippen LogP contribution >= 0.6 is 11.6 Å². The third-order valence-corrected chi connectivity index (χ3v) is 3.68. The molecule has 0 aliphatic rings. The second-order valence-corrected chi connectivity index (χ2v) is 5.75. The minimum Gasteiger partial charge on any atom is -0.497 e. The molecule has 0 spiro atoms. The fraction of sp³-hybridized carbons (Fsp3) is 0.222. The normalized spacial score (nSPS) is 10.1. The highest BCUT2D eigenvalue weighted by molar-refractivity contribution is 6.31. The number of aryl methyl sites for hydroxylation is 1. The van der Waals surface area contributed by atoms with Crippen LogP contribution < -0.4 is 15.4 Å². The van der Waals surface area contributed by atoms with E-state index in [1.165, 1.54) is 0 Å². The number of nitrogens with one attached hydrogen (secondary N) is 2. The fourth-order valence-electron chi connectivity index (χ4n) is 2.09. The van der Waals surface area contributed by atoms with Crippen LogP contribution in [0.3, 0.4) is 0 Å². The summed E-state index contributed by atoms with van der Waals surface area (Å²) in [6, 6.07) is 12.5. The average Bonchev–Trinajstić information content (AvgIpc) is 2.57. The molecule has 0 bridgehead atoms. The van der Waals surface area contributed by atoms with Crippen LogP contribution in [0.1, 0.15) is 11.1 Å². The molecule has 0 saturated heterocycles. The first-order valence-electron chi connectivity index (χ1n) is 7.43. The molecule has 0 unspecified atom stereocenters. The molecule has 0 radical (unpaired) electrons. The first kappa shape index (κ1) is 17.8. The highest BCUT2D eigenvalue weighted by Gasteiger charge is 2.08. The van der Waals surface area contributed by atoms with E-state index in [1.807, 2.05) is 25.1 Å². The van der Waals surface area contributed by atoms with Gasteiger partial charge in [0.05, 0.1) is 20.1 Å². The Morgan fingerprint density at radius 1 is 1.08 bits per heavy atom. The summed E-state index contributed by atoms with van der Waals surface area (Å²) >= 11 is 5.91. The maximum Gasteiger partial charge on any atom is 0.243 e. The third kappa shape index (κ3) is 5.28. The SMILES string of the molecule is COc1ccc(CC(=O)NCC(=O)Nc2cc(Cl)ccc2C)cc1. The number of anilines is 1. The highest BCUT2D eigenvalue weighted by atomic mass is 35.5. The minimum absolute atomic E-state index is 0.0963. The summed E-state index contributed by atoms with van der Waals surface area (Å²) in [7, 11) is 1.59. The summed E-state index contributed by atoms with van der Waals surface area (Å²) in [5.74, 6) is 0.206. The van der Waals surface area contributed by atoms with Crippen molar-refractivity contribution in [2.45, 2.75) is 13.3 Å². The van der Waals surface area contributed by atoms with Gasteiger partial charge in [0, 0.05) is 10.7 Å². The van der Waals surface area contributed by atoms with Gasteiger partial charge >= 0.3 is 0 Å². The zero-order valence-corrected chi connectivity index (χ0v) is 14.3. The van der Waals surface area contributed by atoms with E-state index in [1.54, 1.807) is 31.4 Å². The van der Waals surface area contributed by atoms with Gasteiger partial charge in [-0.05, 0) is 42.3 Å². The van der Waals surface area contributed by atoms with Gasteiger partial charge in [-0.3, -0.25) is 9.59 Å². The van der Waals surface area contributed by atoms with E-state index < -0.39 is 0 Å². The van der Waals surface area contributed by atoms with E-state index in [-0.39, 0.29) is 24.8 Å². The van der Waals surface area contributed by atoms with Crippen molar-refractivity contribution in [2.75, 3.05) is 19.0 Å². The van der Waals surface area contributed by atoms with Crippen LogP contribution in [-0.2, 0) is 16.0 Å². The average molecular weight is 347 g/mol. The molecule has 0 atom stereocenters. The molecule has 2 aromatic rings. The Hall–Kier alpha value is -2.53. The van der Waals surface area contributed by atoms with Crippen LogP contribution in [-0.4, -0.2) is 25.5 Å². The van der Waals surface area contributed by atoms with Gasteiger partial charge < -0.3 is 15.4 Å². The summed E-state index contributed by atoms with van der Waals surface area (Å²) in [5.41, 5.74) is 2.38. The van der Waals surface area contributed by atoms with Crippen molar-refractivity contribution < 1.29 is 14.3 Å². The van der Waals surface area contributed by atoms with E-state index in [0.29, 0.717) is 10.7 Å². The number of hydrogen-bond acceptors (Lipinski definition) is 3. The maximum atomic E-state index is 11.9. The molecule has 2 aromatic carbocycles. The molecule has 126 valence electrons. The lowest BCUT2D eigenvalue weighted by atomic mass is 10.1. The molecule has 0 heterocycles. The van der Waals surface area contributed by atoms with Crippen LogP contribution in [0.25, 0.3) is 0 Å². The van der Waals surface area contributed by atoms with Gasteiger partial charge in [0.15, 0.2) is 0 Å². The standard InChI is InChI=1S/C18H19ClN2O3/c1-12-3-6-14(19)10-16(12)21-18(23)11-20-17(22)9-13-4-7-15(24-2)8-5-13/h3-8,10H,9,11H2,1-2H3,(H,20,22)(H,21,23). The first-order valence-corrected chi connectivity index (χ1v) is 7.81. The van der Waals surface area contributed by atoms with Crippen molar-refractivity contribution in [2.24, 2.45) is 0 Å². The van der Waals surface area contributed by atoms with Crippen LogP contribution in [0, 0.1) is 6.92 Å². The summed E-state index contributed by atoms with van der Waals surface area (Å²) in [6.45, 7) is 1.77. The number of carbonyl (C=O) groups excluding carboxylic acids is 2. The zero-order chi connectivity index (χ0) is 17.5. The van der Waals surface area contributed by atoms with E-state index in [0.717, 1.165) is 16.9 Å². The molecule has 0 aromatic heterocycles. The summed E-state index contributed by atoms with van der Waals surface area (Å²) in [6.07, 6.45) is 0.202. The molecule has 0 aliphatic carbocycles. The minimum atomic E-state index is -0.302. The number of methoxy groups -OCH3 is 1. The largest absolute Gasteiger partial charge is 0.497 e. The second kappa shape index (κ2) is 8.36. The lowest BCUT2D eigenvalue weighted by Gasteiger charge is -2.10. The fourth-order valence-corrected chi connectivity index (χ4v) is 2.27. The maximum absolute atomic E-state index is 11.9. The van der Waals surface area contributed by atoms with Crippen LogP contribution in [0.15, 0.2) is 42.5 Å². The van der Waals surface area contributed by atoms with Gasteiger partial charge in [-0.25, -0.2) is 0 Å². The Bertz CT molecular complexity index is 730. The molecule has 0 aliphatic heterocycles. The molecule has 2 N–H and O–H groups in total. The number of carbonyl (C=O) groups is 2. The first-order chi connectivity index (χ1) is 11.5. The zero-order valence-electron chi connectivity index (χ0n) is 13.6. The number of benzene rings is 2. The van der Waals surface area contributed by atoms with Crippen molar-refractivity contribution in [3.8, 4) is 5.75 Å². The number of amides is 2. The lowest BCUT2D eigenvalue weighted by molar-refractivity contribution is -0.123. The molecule has 5 nitrogen and oxygen atoms in total. The van der Waals surface area contributed by atoms with Gasteiger partial charge in [0.25, 0.3) is 0 Å². The Kier molecular flexibility index (Phi) is 6.21. The summed E-state index contributed by atoms with van der Waals surface area (Å²) < 4.78 is 5.06. The Labute approximate surface area is 146 Å². The molecule has 6 heteroatoms. The van der Waals surface area contributed by atoms with Gasteiger partial charge in [-0.15, -0.1) is 0 Å². The third-order valence-electron chi connectivity index (χ3n) is 3.44. The van der Waals surface area contributed by atoms with Gasteiger partial charge in [-0.2, -0.15) is 0 Å². The van der Waals surface area contributed by atoms with Crippen molar-refractivity contribution in [3.05, 3.63) is 58.6 Å². The molecular weight excluding hydrogens is 328 g/mol. The van der Waals surface area contributed by atoms with Crippen LogP contribution in [0.4, 0.5) is 5.69 Å². The van der Waals surface area contributed by atoms with Crippen molar-refractivity contribution >= 4 is 29.1 Å². The summed E-state index contributed by atoms with van der Waals surface area (Å²) in [4.78, 5) is 23.8. The second-order valence-electron chi connectivity index (χ2n) is 5.31. The molecule has 2 amide bonds. The molecule has 24 heavy (non-hydrogen) atoms. The van der Waals surface area contributed by atoms with E-state index in [2.05, 4.69) is 10.6 Å². The van der Waals surface area contributed by atoms with Gasteiger partial charge in [-0.1, -0.05) is 29.8 Å². The predicted octanol–water partition coefficient (Wildman–Crippen LogP) is 2.95. The Morgan fingerprint density at radius 2 is 1.79 bits per heavy atom. The van der Waals surface area contributed by atoms with Gasteiger partial charge in [0.1, 0.15) is 5.75 Å².